The first-order valence-electron chi connectivity index (χ1n) is 8.01. The van der Waals surface area contributed by atoms with Crippen molar-refractivity contribution in [3.8, 4) is 0 Å². The zero-order valence-corrected chi connectivity index (χ0v) is 13.1. The van der Waals surface area contributed by atoms with Crippen LogP contribution in [0.25, 0.3) is 0 Å². The average Bonchev–Trinajstić information content (AvgIpc) is 3.33. The summed E-state index contributed by atoms with van der Waals surface area (Å²) in [5.74, 6) is 0.310. The van der Waals surface area contributed by atoms with Crippen LogP contribution in [-0.2, 0) is 0 Å². The molecule has 2 rings (SSSR count). The van der Waals surface area contributed by atoms with Crippen LogP contribution in [0.3, 0.4) is 0 Å². The summed E-state index contributed by atoms with van der Waals surface area (Å²) in [7, 11) is 0. The fourth-order valence-electron chi connectivity index (χ4n) is 2.97. The van der Waals surface area contributed by atoms with Crippen LogP contribution < -0.4 is 10.2 Å². The third-order valence-corrected chi connectivity index (χ3v) is 4.40. The van der Waals surface area contributed by atoms with Gasteiger partial charge in [0.1, 0.15) is 5.82 Å². The monoisotopic (exact) mass is 294 g/mol. The standard InChI is InChI=1S/C17H27FN2O/c1-3-10-19-17(13-21,14-8-9-14)12-20(4-2)16-7-5-6-15(18)11-16/h5-7,11,14,19,21H,3-4,8-10,12-13H2,1-2H3. The molecular weight excluding hydrogens is 267 g/mol. The number of rotatable bonds is 9. The molecule has 1 fully saturated rings. The molecule has 0 bridgehead atoms. The molecule has 4 heteroatoms. The Morgan fingerprint density at radius 3 is 2.67 bits per heavy atom. The van der Waals surface area contributed by atoms with Gasteiger partial charge in [-0.25, -0.2) is 4.39 Å². The number of benzene rings is 1. The van der Waals surface area contributed by atoms with Gasteiger partial charge in [-0.15, -0.1) is 0 Å². The quantitative estimate of drug-likeness (QED) is 0.735. The number of anilines is 1. The van der Waals surface area contributed by atoms with Crippen molar-refractivity contribution in [1.29, 1.82) is 0 Å². The van der Waals surface area contributed by atoms with Gasteiger partial charge in [-0.1, -0.05) is 13.0 Å². The number of hydrogen-bond acceptors (Lipinski definition) is 3. The number of halogens is 1. The zero-order chi connectivity index (χ0) is 15.3. The van der Waals surface area contributed by atoms with E-state index in [4.69, 9.17) is 0 Å². The minimum absolute atomic E-state index is 0.128. The van der Waals surface area contributed by atoms with E-state index >= 15 is 0 Å². The number of hydrogen-bond donors (Lipinski definition) is 2. The molecule has 1 aromatic rings. The summed E-state index contributed by atoms with van der Waals surface area (Å²) in [6.45, 7) is 6.74. The fraction of sp³-hybridized carbons (Fsp3) is 0.647. The van der Waals surface area contributed by atoms with Crippen LogP contribution in [0.4, 0.5) is 10.1 Å². The third kappa shape index (κ3) is 3.95. The minimum Gasteiger partial charge on any atom is -0.394 e. The predicted octanol–water partition coefficient (Wildman–Crippen LogP) is 2.79. The molecule has 0 aromatic heterocycles. The molecule has 2 N–H and O–H groups in total. The lowest BCUT2D eigenvalue weighted by Crippen LogP contribution is -2.58. The Morgan fingerprint density at radius 2 is 2.14 bits per heavy atom. The Balaban J connectivity index is 2.16. The van der Waals surface area contributed by atoms with Crippen LogP contribution in [0.5, 0.6) is 0 Å². The second-order valence-electron chi connectivity index (χ2n) is 6.01. The molecule has 0 saturated heterocycles. The van der Waals surface area contributed by atoms with Crippen molar-refractivity contribution < 1.29 is 9.50 Å². The lowest BCUT2D eigenvalue weighted by Gasteiger charge is -2.39. The Hall–Kier alpha value is -1.13. The summed E-state index contributed by atoms with van der Waals surface area (Å²) < 4.78 is 13.5. The number of likely N-dealkylation sites (N-methyl/N-ethyl adjacent to an activating group) is 1. The van der Waals surface area contributed by atoms with Gasteiger partial charge >= 0.3 is 0 Å². The van der Waals surface area contributed by atoms with Crippen LogP contribution in [0.15, 0.2) is 24.3 Å². The van der Waals surface area contributed by atoms with Gasteiger partial charge < -0.3 is 15.3 Å². The average molecular weight is 294 g/mol. The van der Waals surface area contributed by atoms with Crippen LogP contribution in [0.1, 0.15) is 33.1 Å². The maximum Gasteiger partial charge on any atom is 0.125 e. The first kappa shape index (κ1) is 16.2. The molecule has 0 radical (unpaired) electrons. The van der Waals surface area contributed by atoms with E-state index in [-0.39, 0.29) is 18.0 Å². The van der Waals surface area contributed by atoms with Gasteiger partial charge in [-0.05, 0) is 56.8 Å². The second kappa shape index (κ2) is 7.23. The van der Waals surface area contributed by atoms with E-state index in [1.165, 1.54) is 6.07 Å². The molecular formula is C17H27FN2O. The molecule has 0 aliphatic heterocycles. The number of nitrogens with zero attached hydrogens (tertiary/aromatic N) is 1. The van der Waals surface area contributed by atoms with E-state index in [0.717, 1.165) is 38.0 Å². The minimum atomic E-state index is -0.266. The SMILES string of the molecule is CCCNC(CO)(CN(CC)c1cccc(F)c1)C1CC1. The van der Waals surface area contributed by atoms with Gasteiger partial charge in [0.2, 0.25) is 0 Å². The molecule has 1 aromatic carbocycles. The third-order valence-electron chi connectivity index (χ3n) is 4.40. The van der Waals surface area contributed by atoms with Gasteiger partial charge in [0.15, 0.2) is 0 Å². The van der Waals surface area contributed by atoms with Gasteiger partial charge in [-0.3, -0.25) is 0 Å². The van der Waals surface area contributed by atoms with Crippen molar-refractivity contribution in [2.45, 2.75) is 38.6 Å². The second-order valence-corrected chi connectivity index (χ2v) is 6.01. The molecule has 1 unspecified atom stereocenters. The van der Waals surface area contributed by atoms with E-state index in [1.54, 1.807) is 12.1 Å². The maximum absolute atomic E-state index is 13.5. The number of aliphatic hydroxyl groups excluding tert-OH is 1. The van der Waals surface area contributed by atoms with E-state index in [2.05, 4.69) is 24.1 Å². The lowest BCUT2D eigenvalue weighted by atomic mass is 9.92. The molecule has 0 amide bonds. The fourth-order valence-corrected chi connectivity index (χ4v) is 2.97. The van der Waals surface area contributed by atoms with Crippen LogP contribution in [0, 0.1) is 11.7 Å². The summed E-state index contributed by atoms with van der Waals surface area (Å²) >= 11 is 0. The highest BCUT2D eigenvalue weighted by Gasteiger charge is 2.45. The Kier molecular flexibility index (Phi) is 5.59. The molecule has 0 heterocycles. The van der Waals surface area contributed by atoms with Crippen molar-refractivity contribution in [2.75, 3.05) is 31.1 Å². The first-order chi connectivity index (χ1) is 10.1. The molecule has 1 aliphatic rings. The van der Waals surface area contributed by atoms with Gasteiger partial charge in [0.05, 0.1) is 12.1 Å². The van der Waals surface area contributed by atoms with Crippen LogP contribution >= 0.6 is 0 Å². The van der Waals surface area contributed by atoms with Crippen molar-refractivity contribution in [3.05, 3.63) is 30.1 Å². The number of nitrogens with one attached hydrogen (secondary N) is 1. The van der Waals surface area contributed by atoms with Crippen molar-refractivity contribution in [3.63, 3.8) is 0 Å². The van der Waals surface area contributed by atoms with Crippen molar-refractivity contribution in [2.24, 2.45) is 5.92 Å². The predicted molar refractivity (Wildman–Crippen MR) is 85.1 cm³/mol. The maximum atomic E-state index is 13.5. The highest BCUT2D eigenvalue weighted by molar-refractivity contribution is 5.47. The summed E-state index contributed by atoms with van der Waals surface area (Å²) in [4.78, 5) is 2.15. The van der Waals surface area contributed by atoms with E-state index in [0.29, 0.717) is 12.5 Å². The molecule has 3 nitrogen and oxygen atoms in total. The lowest BCUT2D eigenvalue weighted by molar-refractivity contribution is 0.144. The smallest absolute Gasteiger partial charge is 0.125 e. The Bertz CT molecular complexity index is 450. The molecule has 1 atom stereocenters. The van der Waals surface area contributed by atoms with E-state index in [9.17, 15) is 9.50 Å². The molecule has 0 spiro atoms. The van der Waals surface area contributed by atoms with Gasteiger partial charge in [0, 0.05) is 18.8 Å². The molecule has 21 heavy (non-hydrogen) atoms. The Morgan fingerprint density at radius 1 is 1.38 bits per heavy atom. The summed E-state index contributed by atoms with van der Waals surface area (Å²) in [6, 6.07) is 6.71. The van der Waals surface area contributed by atoms with Crippen molar-refractivity contribution >= 4 is 5.69 Å². The van der Waals surface area contributed by atoms with E-state index in [1.807, 2.05) is 6.07 Å². The van der Waals surface area contributed by atoms with Crippen LogP contribution in [0.2, 0.25) is 0 Å². The van der Waals surface area contributed by atoms with Crippen LogP contribution in [-0.4, -0.2) is 36.9 Å². The van der Waals surface area contributed by atoms with Crippen molar-refractivity contribution in [1.82, 2.24) is 5.32 Å². The van der Waals surface area contributed by atoms with E-state index < -0.39 is 0 Å². The highest BCUT2D eigenvalue weighted by atomic mass is 19.1. The highest BCUT2D eigenvalue weighted by Crippen LogP contribution is 2.40. The molecule has 1 aliphatic carbocycles. The normalized spacial score (nSPS) is 17.5. The summed E-state index contributed by atoms with van der Waals surface area (Å²) in [5.41, 5.74) is 0.618. The topological polar surface area (TPSA) is 35.5 Å². The van der Waals surface area contributed by atoms with Gasteiger partial charge in [0.25, 0.3) is 0 Å². The summed E-state index contributed by atoms with van der Waals surface area (Å²) in [5, 5.41) is 13.6. The molecule has 118 valence electrons. The summed E-state index contributed by atoms with van der Waals surface area (Å²) in [6.07, 6.45) is 3.37. The molecule has 1 saturated carbocycles. The zero-order valence-electron chi connectivity index (χ0n) is 13.1. The Labute approximate surface area is 127 Å². The number of aliphatic hydroxyl groups is 1. The van der Waals surface area contributed by atoms with Gasteiger partial charge in [-0.2, -0.15) is 0 Å². The largest absolute Gasteiger partial charge is 0.394 e. The first-order valence-corrected chi connectivity index (χ1v) is 8.01.